The average Bonchev–Trinajstić information content (AvgIpc) is 2.73. The van der Waals surface area contributed by atoms with E-state index < -0.39 is 5.97 Å². The van der Waals surface area contributed by atoms with Crippen molar-refractivity contribution in [3.8, 4) is 5.75 Å². The lowest BCUT2D eigenvalue weighted by Crippen LogP contribution is -2.39. The fourth-order valence-electron chi connectivity index (χ4n) is 3.53. The molecule has 1 amide bonds. The van der Waals surface area contributed by atoms with Gasteiger partial charge in [-0.1, -0.05) is 24.3 Å². The number of rotatable bonds is 7. The predicted octanol–water partition coefficient (Wildman–Crippen LogP) is 3.97. The molecule has 0 bridgehead atoms. The number of benzene rings is 2. The van der Waals surface area contributed by atoms with E-state index in [4.69, 9.17) is 4.74 Å². The van der Waals surface area contributed by atoms with E-state index in [1.54, 1.807) is 19.2 Å². The van der Waals surface area contributed by atoms with Crippen molar-refractivity contribution in [2.75, 3.05) is 26.0 Å². The number of carbonyl (C=O) groups is 2. The molecule has 1 aliphatic rings. The van der Waals surface area contributed by atoms with E-state index in [9.17, 15) is 14.7 Å². The Labute approximate surface area is 169 Å². The lowest BCUT2D eigenvalue weighted by molar-refractivity contribution is -0.129. The van der Waals surface area contributed by atoms with Crippen LogP contribution in [-0.2, 0) is 11.2 Å². The van der Waals surface area contributed by atoms with E-state index in [-0.39, 0.29) is 5.91 Å². The molecule has 1 fully saturated rings. The number of piperidine rings is 1. The summed E-state index contributed by atoms with van der Waals surface area (Å²) in [6.07, 6.45) is 2.57. The predicted molar refractivity (Wildman–Crippen MR) is 110 cm³/mol. The molecule has 148 valence electrons. The summed E-state index contributed by atoms with van der Waals surface area (Å²) in [6.45, 7) is 1.47. The third kappa shape index (κ3) is 5.29. The zero-order chi connectivity index (χ0) is 19.9. The standard InChI is InChI=1S/C22H25NO4S/c1-27-18-6-4-7-19(14-18)28-15-21(24)23-11-9-16(10-12-23)13-17-5-2-3-8-20(17)22(25)26/h2-8,14,16H,9-13,15H2,1H3,(H,25,26). The summed E-state index contributed by atoms with van der Waals surface area (Å²) in [7, 11) is 1.63. The van der Waals surface area contributed by atoms with Crippen LogP contribution < -0.4 is 4.74 Å². The first-order chi connectivity index (χ1) is 13.6. The van der Waals surface area contributed by atoms with Crippen molar-refractivity contribution in [3.05, 3.63) is 59.7 Å². The molecular weight excluding hydrogens is 374 g/mol. The summed E-state index contributed by atoms with van der Waals surface area (Å²) in [4.78, 5) is 26.8. The third-order valence-corrected chi connectivity index (χ3v) is 6.11. The minimum Gasteiger partial charge on any atom is -0.497 e. The topological polar surface area (TPSA) is 66.8 Å². The molecule has 0 radical (unpaired) electrons. The van der Waals surface area contributed by atoms with Crippen molar-refractivity contribution < 1.29 is 19.4 Å². The van der Waals surface area contributed by atoms with Crippen LogP contribution in [0.15, 0.2) is 53.4 Å². The van der Waals surface area contributed by atoms with Crippen molar-refractivity contribution >= 4 is 23.6 Å². The summed E-state index contributed by atoms with van der Waals surface area (Å²) in [5.74, 6) is 0.894. The Bertz CT molecular complexity index is 831. The second-order valence-corrected chi connectivity index (χ2v) is 8.01. The molecule has 0 aliphatic carbocycles. The number of nitrogens with zero attached hydrogens (tertiary/aromatic N) is 1. The molecule has 0 spiro atoms. The molecule has 28 heavy (non-hydrogen) atoms. The average molecular weight is 400 g/mol. The van der Waals surface area contributed by atoms with Gasteiger partial charge in [-0.2, -0.15) is 0 Å². The number of carboxylic acids is 1. The smallest absolute Gasteiger partial charge is 0.335 e. The van der Waals surface area contributed by atoms with E-state index in [1.807, 2.05) is 41.3 Å². The van der Waals surface area contributed by atoms with Gasteiger partial charge in [0, 0.05) is 18.0 Å². The van der Waals surface area contributed by atoms with Gasteiger partial charge >= 0.3 is 5.97 Å². The van der Waals surface area contributed by atoms with Crippen LogP contribution in [0.2, 0.25) is 0 Å². The summed E-state index contributed by atoms with van der Waals surface area (Å²) < 4.78 is 5.22. The Morgan fingerprint density at radius 3 is 2.61 bits per heavy atom. The summed E-state index contributed by atoms with van der Waals surface area (Å²) >= 11 is 1.52. The van der Waals surface area contributed by atoms with Crippen molar-refractivity contribution in [2.24, 2.45) is 5.92 Å². The van der Waals surface area contributed by atoms with Crippen LogP contribution in [0.1, 0.15) is 28.8 Å². The van der Waals surface area contributed by atoms with Gasteiger partial charge in [-0.3, -0.25) is 4.79 Å². The van der Waals surface area contributed by atoms with Crippen LogP contribution in [0.5, 0.6) is 5.75 Å². The summed E-state index contributed by atoms with van der Waals surface area (Å²) in [5.41, 5.74) is 1.27. The van der Waals surface area contributed by atoms with Crippen molar-refractivity contribution in [3.63, 3.8) is 0 Å². The lowest BCUT2D eigenvalue weighted by Gasteiger charge is -2.32. The largest absolute Gasteiger partial charge is 0.497 e. The number of ether oxygens (including phenoxy) is 1. The number of methoxy groups -OCH3 is 1. The van der Waals surface area contributed by atoms with E-state index >= 15 is 0 Å². The van der Waals surface area contributed by atoms with E-state index in [0.717, 1.165) is 48.6 Å². The second-order valence-electron chi connectivity index (χ2n) is 6.96. The van der Waals surface area contributed by atoms with Crippen LogP contribution in [0.4, 0.5) is 0 Å². The summed E-state index contributed by atoms with van der Waals surface area (Å²) in [6, 6.07) is 14.9. The van der Waals surface area contributed by atoms with Crippen LogP contribution >= 0.6 is 11.8 Å². The van der Waals surface area contributed by atoms with Gasteiger partial charge in [0.15, 0.2) is 0 Å². The number of thioether (sulfide) groups is 1. The molecule has 0 aromatic heterocycles. The zero-order valence-electron chi connectivity index (χ0n) is 16.0. The first kappa shape index (κ1) is 20.3. The molecule has 1 N–H and O–H groups in total. The van der Waals surface area contributed by atoms with Crippen molar-refractivity contribution in [1.29, 1.82) is 0 Å². The highest BCUT2D eigenvalue weighted by Gasteiger charge is 2.24. The first-order valence-electron chi connectivity index (χ1n) is 9.42. The molecule has 1 aliphatic heterocycles. The molecule has 0 unspecified atom stereocenters. The van der Waals surface area contributed by atoms with Crippen molar-refractivity contribution in [1.82, 2.24) is 4.90 Å². The third-order valence-electron chi connectivity index (χ3n) is 5.13. The van der Waals surface area contributed by atoms with Crippen molar-refractivity contribution in [2.45, 2.75) is 24.2 Å². The number of hydrogen-bond donors (Lipinski definition) is 1. The molecule has 2 aromatic carbocycles. The highest BCUT2D eigenvalue weighted by Crippen LogP contribution is 2.26. The molecule has 1 heterocycles. The fraction of sp³-hybridized carbons (Fsp3) is 0.364. The first-order valence-corrected chi connectivity index (χ1v) is 10.4. The maximum absolute atomic E-state index is 12.5. The number of carboxylic acid groups (broad SMARTS) is 1. The molecule has 5 nitrogen and oxygen atoms in total. The maximum Gasteiger partial charge on any atom is 0.335 e. The lowest BCUT2D eigenvalue weighted by atomic mass is 9.88. The van der Waals surface area contributed by atoms with Gasteiger partial charge in [0.05, 0.1) is 18.4 Å². The monoisotopic (exact) mass is 399 g/mol. The highest BCUT2D eigenvalue weighted by atomic mass is 32.2. The van der Waals surface area contributed by atoms with Crippen LogP contribution in [0, 0.1) is 5.92 Å². The summed E-state index contributed by atoms with van der Waals surface area (Å²) in [5, 5.41) is 9.33. The number of likely N-dealkylation sites (tertiary alicyclic amines) is 1. The maximum atomic E-state index is 12.5. The number of carbonyl (C=O) groups excluding carboxylic acids is 1. The van der Waals surface area contributed by atoms with Gasteiger partial charge in [-0.15, -0.1) is 11.8 Å². The van der Waals surface area contributed by atoms with E-state index in [0.29, 0.717) is 17.2 Å². The van der Waals surface area contributed by atoms with Gasteiger partial charge in [-0.25, -0.2) is 4.79 Å². The van der Waals surface area contributed by atoms with Crippen LogP contribution in [0.25, 0.3) is 0 Å². The SMILES string of the molecule is COc1cccc(SCC(=O)N2CCC(Cc3ccccc3C(=O)O)CC2)c1. The molecule has 0 atom stereocenters. The molecule has 6 heteroatoms. The number of aromatic carboxylic acids is 1. The Balaban J connectivity index is 1.48. The fourth-order valence-corrected chi connectivity index (χ4v) is 4.38. The highest BCUT2D eigenvalue weighted by molar-refractivity contribution is 8.00. The molecule has 0 saturated carbocycles. The van der Waals surface area contributed by atoms with Crippen LogP contribution in [-0.4, -0.2) is 47.8 Å². The normalized spacial score (nSPS) is 14.7. The van der Waals surface area contributed by atoms with Gasteiger partial charge < -0.3 is 14.7 Å². The Hall–Kier alpha value is -2.47. The van der Waals surface area contributed by atoms with E-state index in [2.05, 4.69) is 0 Å². The second kappa shape index (κ2) is 9.64. The van der Waals surface area contributed by atoms with E-state index in [1.165, 1.54) is 11.8 Å². The number of amides is 1. The number of hydrogen-bond acceptors (Lipinski definition) is 4. The van der Waals surface area contributed by atoms with Crippen LogP contribution in [0.3, 0.4) is 0 Å². The Morgan fingerprint density at radius 1 is 1.14 bits per heavy atom. The Morgan fingerprint density at radius 2 is 1.89 bits per heavy atom. The van der Waals surface area contributed by atoms with Gasteiger partial charge in [0.25, 0.3) is 0 Å². The minimum atomic E-state index is -0.877. The molecular formula is C22H25NO4S. The van der Waals surface area contributed by atoms with Gasteiger partial charge in [-0.05, 0) is 55.0 Å². The minimum absolute atomic E-state index is 0.150. The molecule has 2 aromatic rings. The molecule has 3 rings (SSSR count). The zero-order valence-corrected chi connectivity index (χ0v) is 16.8. The Kier molecular flexibility index (Phi) is 6.98. The van der Waals surface area contributed by atoms with Gasteiger partial charge in [0.1, 0.15) is 5.75 Å². The quantitative estimate of drug-likeness (QED) is 0.714. The molecule has 1 saturated heterocycles. The van der Waals surface area contributed by atoms with Gasteiger partial charge in [0.2, 0.25) is 5.91 Å².